The van der Waals surface area contributed by atoms with Crippen LogP contribution in [0.3, 0.4) is 0 Å². The van der Waals surface area contributed by atoms with Gasteiger partial charge in [0.25, 0.3) is 0 Å². The molecule has 1 aliphatic heterocycles. The molecule has 0 spiro atoms. The molecule has 0 radical (unpaired) electrons. The van der Waals surface area contributed by atoms with Crippen LogP contribution in [0, 0.1) is 17.2 Å². The highest BCUT2D eigenvalue weighted by atomic mass is 16.7. The molecule has 1 aromatic carbocycles. The topological polar surface area (TPSA) is 71.4 Å². The lowest BCUT2D eigenvalue weighted by Gasteiger charge is -2.09. The van der Waals surface area contributed by atoms with Crippen molar-refractivity contribution in [3.63, 3.8) is 0 Å². The van der Waals surface area contributed by atoms with Gasteiger partial charge in [0.15, 0.2) is 11.5 Å². The van der Waals surface area contributed by atoms with Crippen LogP contribution in [0.25, 0.3) is 0 Å². The largest absolute Gasteiger partial charge is 0.454 e. The fraction of sp³-hybridized carbons (Fsp3) is 0.385. The van der Waals surface area contributed by atoms with Gasteiger partial charge in [0.05, 0.1) is 6.07 Å². The molecule has 0 saturated heterocycles. The number of carbonyl (C=O) groups excluding carboxylic acids is 1. The van der Waals surface area contributed by atoms with Crippen molar-refractivity contribution in [3.8, 4) is 17.6 Å². The normalized spacial score (nSPS) is 13.8. The molecular weight excluding hydrogens is 232 g/mol. The SMILES string of the molecule is CCCC(C#N)C(=O)Nc1ccc2c(c1)OCO2. The van der Waals surface area contributed by atoms with Crippen molar-refractivity contribution in [1.29, 1.82) is 5.26 Å². The maximum absolute atomic E-state index is 11.8. The van der Waals surface area contributed by atoms with Gasteiger partial charge >= 0.3 is 0 Å². The summed E-state index contributed by atoms with van der Waals surface area (Å²) in [5.74, 6) is 0.383. The van der Waals surface area contributed by atoms with E-state index in [9.17, 15) is 4.79 Å². The Morgan fingerprint density at radius 1 is 1.50 bits per heavy atom. The number of anilines is 1. The number of nitrogens with one attached hydrogen (secondary N) is 1. The van der Waals surface area contributed by atoms with E-state index in [-0.39, 0.29) is 12.7 Å². The monoisotopic (exact) mass is 246 g/mol. The van der Waals surface area contributed by atoms with E-state index >= 15 is 0 Å². The van der Waals surface area contributed by atoms with Gasteiger partial charge in [-0.05, 0) is 18.6 Å². The summed E-state index contributed by atoms with van der Waals surface area (Å²) in [6, 6.07) is 7.17. The summed E-state index contributed by atoms with van der Waals surface area (Å²) in [7, 11) is 0. The van der Waals surface area contributed by atoms with Crippen molar-refractivity contribution < 1.29 is 14.3 Å². The van der Waals surface area contributed by atoms with E-state index in [1.165, 1.54) is 0 Å². The van der Waals surface area contributed by atoms with Crippen LogP contribution < -0.4 is 14.8 Å². The van der Waals surface area contributed by atoms with E-state index in [2.05, 4.69) is 5.32 Å². The second-order valence-electron chi connectivity index (χ2n) is 4.03. The van der Waals surface area contributed by atoms with Gasteiger partial charge in [-0.3, -0.25) is 4.79 Å². The number of hydrogen-bond acceptors (Lipinski definition) is 4. The first-order valence-corrected chi connectivity index (χ1v) is 5.84. The summed E-state index contributed by atoms with van der Waals surface area (Å²) in [5.41, 5.74) is 0.612. The van der Waals surface area contributed by atoms with E-state index < -0.39 is 5.92 Å². The van der Waals surface area contributed by atoms with Gasteiger partial charge in [0.1, 0.15) is 5.92 Å². The third-order valence-corrected chi connectivity index (χ3v) is 2.69. The van der Waals surface area contributed by atoms with Crippen molar-refractivity contribution in [2.45, 2.75) is 19.8 Å². The lowest BCUT2D eigenvalue weighted by molar-refractivity contribution is -0.118. The maximum atomic E-state index is 11.8. The lowest BCUT2D eigenvalue weighted by Crippen LogP contribution is -2.21. The number of carbonyl (C=O) groups is 1. The van der Waals surface area contributed by atoms with E-state index in [1.807, 2.05) is 13.0 Å². The van der Waals surface area contributed by atoms with Crippen molar-refractivity contribution >= 4 is 11.6 Å². The van der Waals surface area contributed by atoms with Crippen molar-refractivity contribution in [3.05, 3.63) is 18.2 Å². The number of benzene rings is 1. The minimum atomic E-state index is -0.611. The number of amides is 1. The number of nitrogens with zero attached hydrogens (tertiary/aromatic N) is 1. The first-order valence-electron chi connectivity index (χ1n) is 5.84. The van der Waals surface area contributed by atoms with Crippen LogP contribution in [-0.2, 0) is 4.79 Å². The molecule has 5 heteroatoms. The van der Waals surface area contributed by atoms with Gasteiger partial charge in [-0.15, -0.1) is 0 Å². The smallest absolute Gasteiger partial charge is 0.241 e. The number of rotatable bonds is 4. The van der Waals surface area contributed by atoms with Gasteiger partial charge in [-0.1, -0.05) is 13.3 Å². The number of ether oxygens (including phenoxy) is 2. The van der Waals surface area contributed by atoms with Gasteiger partial charge < -0.3 is 14.8 Å². The zero-order valence-corrected chi connectivity index (χ0v) is 10.1. The Hall–Kier alpha value is -2.22. The molecule has 5 nitrogen and oxygen atoms in total. The van der Waals surface area contributed by atoms with Crippen LogP contribution in [0.5, 0.6) is 11.5 Å². The molecule has 1 N–H and O–H groups in total. The first-order chi connectivity index (χ1) is 8.74. The third kappa shape index (κ3) is 2.54. The Morgan fingerprint density at radius 2 is 2.28 bits per heavy atom. The molecule has 1 aliphatic rings. The van der Waals surface area contributed by atoms with E-state index in [4.69, 9.17) is 14.7 Å². The summed E-state index contributed by atoms with van der Waals surface area (Å²) in [5, 5.41) is 11.6. The summed E-state index contributed by atoms with van der Waals surface area (Å²) >= 11 is 0. The standard InChI is InChI=1S/C13H14N2O3/c1-2-3-9(7-14)13(16)15-10-4-5-11-12(6-10)18-8-17-11/h4-6,9H,2-3,8H2,1H3,(H,15,16). The zero-order valence-electron chi connectivity index (χ0n) is 10.1. The average molecular weight is 246 g/mol. The fourth-order valence-corrected chi connectivity index (χ4v) is 1.75. The van der Waals surface area contributed by atoms with Gasteiger partial charge in [0, 0.05) is 11.8 Å². The molecule has 0 aliphatic carbocycles. The van der Waals surface area contributed by atoms with Crippen LogP contribution in [0.1, 0.15) is 19.8 Å². The Morgan fingerprint density at radius 3 is 3.00 bits per heavy atom. The molecule has 0 aromatic heterocycles. The Balaban J connectivity index is 2.05. The van der Waals surface area contributed by atoms with Crippen molar-refractivity contribution in [2.24, 2.45) is 5.92 Å². The lowest BCUT2D eigenvalue weighted by atomic mass is 10.0. The van der Waals surface area contributed by atoms with Gasteiger partial charge in [0.2, 0.25) is 12.7 Å². The quantitative estimate of drug-likeness (QED) is 0.884. The number of fused-ring (bicyclic) bond motifs is 1. The van der Waals surface area contributed by atoms with Gasteiger partial charge in [-0.2, -0.15) is 5.26 Å². The molecule has 0 fully saturated rings. The molecule has 1 amide bonds. The second-order valence-corrected chi connectivity index (χ2v) is 4.03. The van der Waals surface area contributed by atoms with Crippen LogP contribution >= 0.6 is 0 Å². The molecule has 2 rings (SSSR count). The molecule has 0 saturated carbocycles. The Bertz CT molecular complexity index is 493. The molecule has 1 atom stereocenters. The maximum Gasteiger partial charge on any atom is 0.241 e. The number of nitriles is 1. The van der Waals surface area contributed by atoms with Gasteiger partial charge in [-0.25, -0.2) is 0 Å². The summed E-state index contributed by atoms with van der Waals surface area (Å²) < 4.78 is 10.4. The molecule has 1 aromatic rings. The molecule has 1 heterocycles. The first kappa shape index (κ1) is 12.2. The highest BCUT2D eigenvalue weighted by Crippen LogP contribution is 2.34. The third-order valence-electron chi connectivity index (χ3n) is 2.69. The minimum absolute atomic E-state index is 0.198. The molecule has 1 unspecified atom stereocenters. The van der Waals surface area contributed by atoms with E-state index in [0.717, 1.165) is 6.42 Å². The highest BCUT2D eigenvalue weighted by Gasteiger charge is 2.18. The summed E-state index contributed by atoms with van der Waals surface area (Å²) in [6.07, 6.45) is 1.36. The zero-order chi connectivity index (χ0) is 13.0. The minimum Gasteiger partial charge on any atom is -0.454 e. The van der Waals surface area contributed by atoms with Crippen LogP contribution in [0.2, 0.25) is 0 Å². The fourth-order valence-electron chi connectivity index (χ4n) is 1.75. The second kappa shape index (κ2) is 5.41. The molecule has 94 valence electrons. The molecule has 18 heavy (non-hydrogen) atoms. The van der Waals surface area contributed by atoms with Crippen molar-refractivity contribution in [1.82, 2.24) is 0 Å². The predicted octanol–water partition coefficient (Wildman–Crippen LogP) is 2.29. The van der Waals surface area contributed by atoms with Crippen LogP contribution in [0.15, 0.2) is 18.2 Å². The van der Waals surface area contributed by atoms with E-state index in [1.54, 1.807) is 18.2 Å². The molecule has 0 bridgehead atoms. The predicted molar refractivity (Wildman–Crippen MR) is 65.2 cm³/mol. The molecular formula is C13H14N2O3. The van der Waals surface area contributed by atoms with Crippen LogP contribution in [-0.4, -0.2) is 12.7 Å². The Kier molecular flexibility index (Phi) is 3.68. The number of hydrogen-bond donors (Lipinski definition) is 1. The summed E-state index contributed by atoms with van der Waals surface area (Å²) in [6.45, 7) is 2.14. The van der Waals surface area contributed by atoms with E-state index in [0.29, 0.717) is 23.6 Å². The van der Waals surface area contributed by atoms with Crippen molar-refractivity contribution in [2.75, 3.05) is 12.1 Å². The highest BCUT2D eigenvalue weighted by molar-refractivity contribution is 5.94. The average Bonchev–Trinajstić information content (AvgIpc) is 2.83. The summed E-state index contributed by atoms with van der Waals surface area (Å²) in [4.78, 5) is 11.8. The van der Waals surface area contributed by atoms with Crippen LogP contribution in [0.4, 0.5) is 5.69 Å². The Labute approximate surface area is 105 Å².